The second-order valence-corrected chi connectivity index (χ2v) is 6.64. The highest BCUT2D eigenvalue weighted by Gasteiger charge is 2.41. The molecule has 0 aromatic rings. The van der Waals surface area contributed by atoms with Crippen molar-refractivity contribution in [3.05, 3.63) is 0 Å². The molecule has 0 aromatic heterocycles. The van der Waals surface area contributed by atoms with Crippen LogP contribution < -0.4 is 0 Å². The van der Waals surface area contributed by atoms with Crippen LogP contribution in [-0.4, -0.2) is 43.8 Å². The van der Waals surface area contributed by atoms with Gasteiger partial charge in [-0.25, -0.2) is 8.42 Å². The molecule has 0 N–H and O–H groups in total. The molecule has 0 spiro atoms. The van der Waals surface area contributed by atoms with Gasteiger partial charge in [-0.2, -0.15) is 9.57 Å². The number of ether oxygens (including phenoxy) is 1. The van der Waals surface area contributed by atoms with Crippen molar-refractivity contribution in [2.45, 2.75) is 44.2 Å². The molecule has 5 nitrogen and oxygen atoms in total. The lowest BCUT2D eigenvalue weighted by Gasteiger charge is -2.36. The highest BCUT2D eigenvalue weighted by Crippen LogP contribution is 2.31. The second kappa shape index (κ2) is 5.34. The summed E-state index contributed by atoms with van der Waals surface area (Å²) in [6.07, 6.45) is 3.73. The molecule has 0 amide bonds. The van der Waals surface area contributed by atoms with E-state index in [1.807, 2.05) is 6.07 Å². The first-order chi connectivity index (χ1) is 8.15. The number of fused-ring (bicyclic) bond motifs is 1. The summed E-state index contributed by atoms with van der Waals surface area (Å²) in [6, 6.07) is 2.02. The Morgan fingerprint density at radius 2 is 2.24 bits per heavy atom. The van der Waals surface area contributed by atoms with Gasteiger partial charge in [-0.15, -0.1) is 0 Å². The van der Waals surface area contributed by atoms with E-state index < -0.39 is 10.0 Å². The number of rotatable bonds is 4. The Hall–Kier alpha value is -0.640. The van der Waals surface area contributed by atoms with Gasteiger partial charge in [-0.1, -0.05) is 0 Å². The van der Waals surface area contributed by atoms with Crippen LogP contribution in [0.5, 0.6) is 0 Å². The maximum Gasteiger partial charge on any atom is 0.214 e. The number of sulfonamides is 1. The van der Waals surface area contributed by atoms with Gasteiger partial charge in [-0.05, 0) is 25.7 Å². The summed E-state index contributed by atoms with van der Waals surface area (Å²) in [5.74, 6) is 0.0871. The Kier molecular flexibility index (Phi) is 4.02. The average molecular weight is 258 g/mol. The summed E-state index contributed by atoms with van der Waals surface area (Å²) >= 11 is 0. The zero-order chi connectivity index (χ0) is 12.3. The minimum atomic E-state index is -3.21. The normalized spacial score (nSPS) is 29.8. The lowest BCUT2D eigenvalue weighted by atomic mass is 10.2. The molecule has 17 heavy (non-hydrogen) atoms. The number of nitrogens with zero attached hydrogens (tertiary/aromatic N) is 2. The fraction of sp³-hybridized carbons (Fsp3) is 0.909. The molecule has 2 aliphatic rings. The third kappa shape index (κ3) is 2.79. The van der Waals surface area contributed by atoms with E-state index >= 15 is 0 Å². The predicted molar refractivity (Wildman–Crippen MR) is 62.7 cm³/mol. The molecule has 1 aliphatic carbocycles. The molecule has 2 rings (SSSR count). The van der Waals surface area contributed by atoms with Gasteiger partial charge in [0.1, 0.15) is 0 Å². The van der Waals surface area contributed by atoms with E-state index in [1.54, 1.807) is 4.31 Å². The van der Waals surface area contributed by atoms with E-state index in [4.69, 9.17) is 10.00 Å². The fourth-order valence-corrected chi connectivity index (χ4v) is 4.44. The predicted octanol–water partition coefficient (Wildman–Crippen LogP) is 0.873. The molecule has 96 valence electrons. The van der Waals surface area contributed by atoms with E-state index in [0.29, 0.717) is 26.0 Å². The van der Waals surface area contributed by atoms with Crippen molar-refractivity contribution in [2.24, 2.45) is 0 Å². The van der Waals surface area contributed by atoms with Crippen LogP contribution in [0.3, 0.4) is 0 Å². The minimum Gasteiger partial charge on any atom is -0.375 e. The molecular weight excluding hydrogens is 240 g/mol. The van der Waals surface area contributed by atoms with Crippen molar-refractivity contribution in [1.29, 1.82) is 5.26 Å². The summed E-state index contributed by atoms with van der Waals surface area (Å²) in [6.45, 7) is 0.967. The zero-order valence-corrected chi connectivity index (χ0v) is 10.7. The first kappa shape index (κ1) is 12.8. The zero-order valence-electron chi connectivity index (χ0n) is 9.84. The van der Waals surface area contributed by atoms with E-state index in [0.717, 1.165) is 19.3 Å². The van der Waals surface area contributed by atoms with Gasteiger partial charge in [0.05, 0.1) is 30.6 Å². The van der Waals surface area contributed by atoms with Gasteiger partial charge in [-0.3, -0.25) is 0 Å². The molecule has 0 bridgehead atoms. The van der Waals surface area contributed by atoms with Crippen LogP contribution in [0.1, 0.15) is 32.1 Å². The van der Waals surface area contributed by atoms with E-state index in [1.165, 1.54) is 0 Å². The molecule has 6 heteroatoms. The van der Waals surface area contributed by atoms with Gasteiger partial charge < -0.3 is 4.74 Å². The Morgan fingerprint density at radius 3 is 3.00 bits per heavy atom. The van der Waals surface area contributed by atoms with Gasteiger partial charge in [0, 0.05) is 13.0 Å². The number of hydrogen-bond acceptors (Lipinski definition) is 4. The summed E-state index contributed by atoms with van der Waals surface area (Å²) in [5, 5.41) is 8.45. The highest BCUT2D eigenvalue weighted by molar-refractivity contribution is 7.89. The van der Waals surface area contributed by atoms with Crippen LogP contribution in [0.25, 0.3) is 0 Å². The molecule has 1 heterocycles. The molecule has 1 saturated carbocycles. The quantitative estimate of drug-likeness (QED) is 0.702. The van der Waals surface area contributed by atoms with Crippen LogP contribution in [0.2, 0.25) is 0 Å². The van der Waals surface area contributed by atoms with Crippen molar-refractivity contribution in [3.63, 3.8) is 0 Å². The molecule has 0 radical (unpaired) electrons. The molecule has 2 unspecified atom stereocenters. The van der Waals surface area contributed by atoms with Crippen LogP contribution in [0, 0.1) is 11.3 Å². The van der Waals surface area contributed by atoms with E-state index in [9.17, 15) is 8.42 Å². The summed E-state index contributed by atoms with van der Waals surface area (Å²) in [4.78, 5) is 0. The van der Waals surface area contributed by atoms with Crippen LogP contribution in [0.4, 0.5) is 0 Å². The van der Waals surface area contributed by atoms with Gasteiger partial charge in [0.2, 0.25) is 10.0 Å². The summed E-state index contributed by atoms with van der Waals surface area (Å²) in [7, 11) is -3.21. The van der Waals surface area contributed by atoms with E-state index in [-0.39, 0.29) is 17.9 Å². The highest BCUT2D eigenvalue weighted by atomic mass is 32.2. The molecular formula is C11H18N2O3S. The molecule has 2 fully saturated rings. The van der Waals surface area contributed by atoms with Crippen LogP contribution in [0.15, 0.2) is 0 Å². The fourth-order valence-electron chi connectivity index (χ4n) is 2.69. The third-order valence-corrected chi connectivity index (χ3v) is 5.45. The first-order valence-electron chi connectivity index (χ1n) is 6.13. The maximum atomic E-state index is 12.2. The standard InChI is InChI=1S/C11H18N2O3S/c12-6-1-2-9-17(14,15)13-7-8-16-11-5-3-4-10(11)13/h10-11H,1-5,7-9H2. The van der Waals surface area contributed by atoms with E-state index in [2.05, 4.69) is 0 Å². The minimum absolute atomic E-state index is 0.0378. The Balaban J connectivity index is 2.02. The second-order valence-electron chi connectivity index (χ2n) is 4.60. The average Bonchev–Trinajstić information content (AvgIpc) is 2.76. The van der Waals surface area contributed by atoms with Gasteiger partial charge >= 0.3 is 0 Å². The maximum absolute atomic E-state index is 12.2. The SMILES string of the molecule is N#CCCCS(=O)(=O)N1CCOC2CCCC21. The lowest BCUT2D eigenvalue weighted by molar-refractivity contribution is -0.0241. The van der Waals surface area contributed by atoms with Gasteiger partial charge in [0.25, 0.3) is 0 Å². The molecule has 2 atom stereocenters. The summed E-state index contributed by atoms with van der Waals surface area (Å²) in [5.41, 5.74) is 0. The largest absolute Gasteiger partial charge is 0.375 e. The van der Waals surface area contributed by atoms with Crippen LogP contribution >= 0.6 is 0 Å². The van der Waals surface area contributed by atoms with Crippen molar-refractivity contribution >= 4 is 10.0 Å². The van der Waals surface area contributed by atoms with Crippen molar-refractivity contribution < 1.29 is 13.2 Å². The van der Waals surface area contributed by atoms with Crippen molar-refractivity contribution in [2.75, 3.05) is 18.9 Å². The monoisotopic (exact) mass is 258 g/mol. The number of unbranched alkanes of at least 4 members (excludes halogenated alkanes) is 1. The van der Waals surface area contributed by atoms with Crippen molar-refractivity contribution in [3.8, 4) is 6.07 Å². The lowest BCUT2D eigenvalue weighted by Crippen LogP contribution is -2.51. The first-order valence-corrected chi connectivity index (χ1v) is 7.74. The molecule has 1 saturated heterocycles. The number of hydrogen-bond donors (Lipinski definition) is 0. The Bertz CT molecular complexity index is 401. The topological polar surface area (TPSA) is 70.4 Å². The number of nitriles is 1. The van der Waals surface area contributed by atoms with Gasteiger partial charge in [0.15, 0.2) is 0 Å². The summed E-state index contributed by atoms with van der Waals surface area (Å²) < 4.78 is 31.5. The Labute approximate surface area is 102 Å². The van der Waals surface area contributed by atoms with Crippen molar-refractivity contribution in [1.82, 2.24) is 4.31 Å². The third-order valence-electron chi connectivity index (χ3n) is 3.48. The smallest absolute Gasteiger partial charge is 0.214 e. The molecule has 1 aliphatic heterocycles. The Morgan fingerprint density at radius 1 is 1.41 bits per heavy atom. The van der Waals surface area contributed by atoms with Crippen LogP contribution in [-0.2, 0) is 14.8 Å². The number of morpholine rings is 1. The molecule has 0 aromatic carbocycles.